The van der Waals surface area contributed by atoms with E-state index in [2.05, 4.69) is 36.6 Å². The molecule has 126 valence electrons. The SMILES string of the molecule is CNc1nc(NC2CCCCC2)nc(C(C#N)c2nc(C)cs2)n1. The van der Waals surface area contributed by atoms with Crippen molar-refractivity contribution in [1.82, 2.24) is 19.9 Å². The molecule has 0 spiro atoms. The number of nitrogens with one attached hydrogen (secondary N) is 2. The second-order valence-electron chi connectivity index (χ2n) is 5.96. The number of thiazole rings is 1. The van der Waals surface area contributed by atoms with Gasteiger partial charge in [-0.1, -0.05) is 19.3 Å². The highest BCUT2D eigenvalue weighted by molar-refractivity contribution is 7.09. The number of aromatic nitrogens is 4. The average Bonchev–Trinajstić information content (AvgIpc) is 3.02. The first kappa shape index (κ1) is 16.6. The Labute approximate surface area is 145 Å². The van der Waals surface area contributed by atoms with Crippen LogP contribution in [-0.2, 0) is 0 Å². The van der Waals surface area contributed by atoms with Gasteiger partial charge in [-0.15, -0.1) is 11.3 Å². The smallest absolute Gasteiger partial charge is 0.228 e. The predicted molar refractivity (Wildman–Crippen MR) is 94.2 cm³/mol. The Morgan fingerprint density at radius 1 is 1.17 bits per heavy atom. The maximum atomic E-state index is 9.59. The van der Waals surface area contributed by atoms with Gasteiger partial charge in [0, 0.05) is 24.2 Å². The minimum Gasteiger partial charge on any atom is -0.357 e. The van der Waals surface area contributed by atoms with E-state index in [1.165, 1.54) is 30.6 Å². The summed E-state index contributed by atoms with van der Waals surface area (Å²) in [6.45, 7) is 1.91. The first-order valence-corrected chi connectivity index (χ1v) is 9.09. The lowest BCUT2D eigenvalue weighted by molar-refractivity contribution is 0.460. The second kappa shape index (κ2) is 7.53. The van der Waals surface area contributed by atoms with Crippen LogP contribution in [0, 0.1) is 18.3 Å². The minimum atomic E-state index is -0.578. The Morgan fingerprint density at radius 2 is 1.92 bits per heavy atom. The Balaban J connectivity index is 1.89. The highest BCUT2D eigenvalue weighted by Gasteiger charge is 2.23. The number of nitriles is 1. The monoisotopic (exact) mass is 343 g/mol. The van der Waals surface area contributed by atoms with E-state index in [1.54, 1.807) is 7.05 Å². The van der Waals surface area contributed by atoms with Gasteiger partial charge in [-0.2, -0.15) is 20.2 Å². The van der Waals surface area contributed by atoms with Crippen LogP contribution in [0.4, 0.5) is 11.9 Å². The summed E-state index contributed by atoms with van der Waals surface area (Å²) in [6, 6.07) is 2.66. The van der Waals surface area contributed by atoms with Crippen molar-refractivity contribution >= 4 is 23.2 Å². The third-order valence-electron chi connectivity index (χ3n) is 4.09. The van der Waals surface area contributed by atoms with E-state index < -0.39 is 5.92 Å². The van der Waals surface area contributed by atoms with Crippen molar-refractivity contribution in [2.24, 2.45) is 0 Å². The van der Waals surface area contributed by atoms with E-state index >= 15 is 0 Å². The van der Waals surface area contributed by atoms with E-state index in [0.717, 1.165) is 18.5 Å². The van der Waals surface area contributed by atoms with Crippen molar-refractivity contribution in [2.75, 3.05) is 17.7 Å². The van der Waals surface area contributed by atoms with Crippen LogP contribution < -0.4 is 10.6 Å². The first-order valence-electron chi connectivity index (χ1n) is 8.21. The third-order valence-corrected chi connectivity index (χ3v) is 5.11. The largest absolute Gasteiger partial charge is 0.357 e. The minimum absolute atomic E-state index is 0.390. The maximum Gasteiger partial charge on any atom is 0.228 e. The number of hydrogen-bond donors (Lipinski definition) is 2. The van der Waals surface area contributed by atoms with Gasteiger partial charge < -0.3 is 10.6 Å². The van der Waals surface area contributed by atoms with E-state index in [9.17, 15) is 5.26 Å². The lowest BCUT2D eigenvalue weighted by atomic mass is 9.96. The van der Waals surface area contributed by atoms with Gasteiger partial charge >= 0.3 is 0 Å². The summed E-state index contributed by atoms with van der Waals surface area (Å²) in [4.78, 5) is 17.7. The molecule has 0 aromatic carbocycles. The molecule has 1 unspecified atom stereocenters. The fourth-order valence-corrected chi connectivity index (χ4v) is 3.69. The maximum absolute atomic E-state index is 9.59. The summed E-state index contributed by atoms with van der Waals surface area (Å²) in [7, 11) is 1.76. The molecule has 1 aliphatic carbocycles. The lowest BCUT2D eigenvalue weighted by Crippen LogP contribution is -2.24. The van der Waals surface area contributed by atoms with Crippen LogP contribution in [0.3, 0.4) is 0 Å². The number of aryl methyl sites for hydroxylation is 1. The van der Waals surface area contributed by atoms with Crippen LogP contribution in [0.1, 0.15) is 54.5 Å². The van der Waals surface area contributed by atoms with Gasteiger partial charge in [0.05, 0.1) is 6.07 Å². The molecule has 0 saturated heterocycles. The van der Waals surface area contributed by atoms with Crippen LogP contribution >= 0.6 is 11.3 Å². The van der Waals surface area contributed by atoms with Gasteiger partial charge in [0.2, 0.25) is 11.9 Å². The van der Waals surface area contributed by atoms with Crippen LogP contribution in [0.15, 0.2) is 5.38 Å². The average molecular weight is 343 g/mol. The second-order valence-corrected chi connectivity index (χ2v) is 6.85. The molecule has 2 N–H and O–H groups in total. The zero-order chi connectivity index (χ0) is 16.9. The van der Waals surface area contributed by atoms with Gasteiger partial charge in [0.25, 0.3) is 0 Å². The Hall–Kier alpha value is -2.27. The Bertz CT molecular complexity index is 730. The molecule has 0 radical (unpaired) electrons. The zero-order valence-electron chi connectivity index (χ0n) is 13.9. The molecule has 2 aromatic heterocycles. The van der Waals surface area contributed by atoms with Gasteiger partial charge in [0.1, 0.15) is 5.01 Å². The standard InChI is InChI=1S/C16H21N7S/c1-10-9-24-14(19-10)12(8-17)13-21-15(18-2)23-16(22-13)20-11-6-4-3-5-7-11/h9,11-12H,3-7H2,1-2H3,(H2,18,20,21,22,23). The van der Waals surface area contributed by atoms with Crippen molar-refractivity contribution in [3.63, 3.8) is 0 Å². The number of anilines is 2. The lowest BCUT2D eigenvalue weighted by Gasteiger charge is -2.23. The molecule has 1 fully saturated rings. The van der Waals surface area contributed by atoms with Crippen LogP contribution in [0.5, 0.6) is 0 Å². The van der Waals surface area contributed by atoms with E-state index in [0.29, 0.717) is 28.8 Å². The van der Waals surface area contributed by atoms with Crippen molar-refractivity contribution < 1.29 is 0 Å². The number of rotatable bonds is 5. The predicted octanol–water partition coefficient (Wildman–Crippen LogP) is 3.08. The zero-order valence-corrected chi connectivity index (χ0v) is 14.7. The summed E-state index contributed by atoms with van der Waals surface area (Å²) in [6.07, 6.45) is 6.01. The fraction of sp³-hybridized carbons (Fsp3) is 0.562. The molecule has 0 bridgehead atoms. The first-order chi connectivity index (χ1) is 11.7. The van der Waals surface area contributed by atoms with Crippen LogP contribution in [0.2, 0.25) is 0 Å². The van der Waals surface area contributed by atoms with Gasteiger partial charge in [0.15, 0.2) is 11.7 Å². The molecule has 3 rings (SSSR count). The van der Waals surface area contributed by atoms with E-state index in [4.69, 9.17) is 0 Å². The summed E-state index contributed by atoms with van der Waals surface area (Å²) in [5.74, 6) is 0.854. The molecule has 8 heteroatoms. The molecule has 1 aliphatic rings. The molecule has 24 heavy (non-hydrogen) atoms. The Kier molecular flexibility index (Phi) is 5.20. The van der Waals surface area contributed by atoms with Crippen molar-refractivity contribution in [1.29, 1.82) is 5.26 Å². The topological polar surface area (TPSA) is 99.4 Å². The molecule has 1 atom stereocenters. The molecular weight excluding hydrogens is 322 g/mol. The van der Waals surface area contributed by atoms with Crippen molar-refractivity contribution in [3.05, 3.63) is 21.9 Å². The highest BCUT2D eigenvalue weighted by Crippen LogP contribution is 2.26. The number of hydrogen-bond acceptors (Lipinski definition) is 8. The van der Waals surface area contributed by atoms with Gasteiger partial charge in [-0.05, 0) is 19.8 Å². The van der Waals surface area contributed by atoms with Gasteiger partial charge in [-0.3, -0.25) is 0 Å². The summed E-state index contributed by atoms with van der Waals surface area (Å²) >= 11 is 1.46. The van der Waals surface area contributed by atoms with Crippen LogP contribution in [0.25, 0.3) is 0 Å². The summed E-state index contributed by atoms with van der Waals surface area (Å²) in [5.41, 5.74) is 0.902. The third kappa shape index (κ3) is 3.79. The molecular formula is C16H21N7S. The number of nitrogens with zero attached hydrogens (tertiary/aromatic N) is 5. The van der Waals surface area contributed by atoms with Gasteiger partial charge in [-0.25, -0.2) is 4.98 Å². The quantitative estimate of drug-likeness (QED) is 0.860. The van der Waals surface area contributed by atoms with E-state index in [-0.39, 0.29) is 0 Å². The van der Waals surface area contributed by atoms with E-state index in [1.807, 2.05) is 12.3 Å². The summed E-state index contributed by atoms with van der Waals surface area (Å²) < 4.78 is 0. The highest BCUT2D eigenvalue weighted by atomic mass is 32.1. The van der Waals surface area contributed by atoms with Crippen molar-refractivity contribution in [2.45, 2.75) is 51.0 Å². The normalized spacial score (nSPS) is 16.4. The van der Waals surface area contributed by atoms with Crippen LogP contribution in [-0.4, -0.2) is 33.0 Å². The molecule has 2 heterocycles. The molecule has 0 aliphatic heterocycles. The molecule has 1 saturated carbocycles. The fourth-order valence-electron chi connectivity index (χ4n) is 2.86. The molecule has 7 nitrogen and oxygen atoms in total. The van der Waals surface area contributed by atoms with Crippen molar-refractivity contribution in [3.8, 4) is 6.07 Å². The Morgan fingerprint density at radius 3 is 2.54 bits per heavy atom. The molecule has 2 aromatic rings. The molecule has 0 amide bonds. The summed E-state index contributed by atoms with van der Waals surface area (Å²) in [5, 5.41) is 18.6.